The first-order valence-electron chi connectivity index (χ1n) is 11.4. The number of nitrogens with two attached hydrogens (primary N) is 1. The van der Waals surface area contributed by atoms with Gasteiger partial charge in [-0.25, -0.2) is 9.59 Å². The van der Waals surface area contributed by atoms with Crippen LogP contribution in [0.4, 0.5) is 0 Å². The third kappa shape index (κ3) is 4.51. The van der Waals surface area contributed by atoms with Crippen molar-refractivity contribution in [1.82, 2.24) is 4.57 Å². The number of thiazole rings is 1. The van der Waals surface area contributed by atoms with Gasteiger partial charge in [-0.15, -0.1) is 11.3 Å². The summed E-state index contributed by atoms with van der Waals surface area (Å²) >= 11 is 1.06. The highest BCUT2D eigenvalue weighted by atomic mass is 32.1. The van der Waals surface area contributed by atoms with Crippen LogP contribution in [0.2, 0.25) is 0 Å². The molecule has 37 heavy (non-hydrogen) atoms. The lowest BCUT2D eigenvalue weighted by atomic mass is 9.82. The molecular weight excluding hydrogens is 496 g/mol. The summed E-state index contributed by atoms with van der Waals surface area (Å²) in [7, 11) is 4.25. The molecule has 0 fully saturated rings. The second-order valence-electron chi connectivity index (χ2n) is 7.90. The molecule has 9 nitrogen and oxygen atoms in total. The standard InChI is InChI=1S/C27H26N2O7S/c1-5-36-27(32)21-20(16-11-7-9-13-18(16)34-3)22(26(31)35-4)25-29(23(21)28)24(30)19(37-25)14-15-10-6-8-12-17(15)33-2/h6-14,20H,5,28H2,1-4H3. The van der Waals surface area contributed by atoms with E-state index in [1.165, 1.54) is 21.3 Å². The highest BCUT2D eigenvalue weighted by Gasteiger charge is 2.41. The lowest BCUT2D eigenvalue weighted by Gasteiger charge is -2.27. The molecule has 3 aromatic rings. The van der Waals surface area contributed by atoms with E-state index >= 15 is 0 Å². The molecule has 1 aliphatic rings. The number of fused-ring (bicyclic) bond motifs is 1. The second kappa shape index (κ2) is 10.8. The van der Waals surface area contributed by atoms with Crippen molar-refractivity contribution in [2.75, 3.05) is 27.9 Å². The summed E-state index contributed by atoms with van der Waals surface area (Å²) in [6, 6.07) is 14.2. The van der Waals surface area contributed by atoms with E-state index in [9.17, 15) is 14.4 Å². The van der Waals surface area contributed by atoms with Gasteiger partial charge in [0.05, 0.1) is 49.5 Å². The predicted octanol–water partition coefficient (Wildman–Crippen LogP) is 1.57. The number of hydrogen-bond donors (Lipinski definition) is 1. The fourth-order valence-corrected chi connectivity index (χ4v) is 5.46. The molecule has 2 N–H and O–H groups in total. The van der Waals surface area contributed by atoms with Crippen molar-refractivity contribution in [3.05, 3.63) is 84.8 Å². The Balaban J connectivity index is 2.15. The van der Waals surface area contributed by atoms with Gasteiger partial charge in [-0.1, -0.05) is 36.4 Å². The molecule has 2 aromatic carbocycles. The summed E-state index contributed by atoms with van der Waals surface area (Å²) < 4.78 is 23.1. The minimum absolute atomic E-state index is 0.0528. The first-order valence-corrected chi connectivity index (χ1v) is 12.2. The molecule has 0 saturated heterocycles. The number of benzene rings is 2. The fourth-order valence-electron chi connectivity index (χ4n) is 4.31. The Labute approximate surface area is 216 Å². The smallest absolute Gasteiger partial charge is 0.338 e. The van der Waals surface area contributed by atoms with Crippen LogP contribution in [0, 0.1) is 0 Å². The molecular formula is C27H26N2O7S. The first kappa shape index (κ1) is 25.8. The van der Waals surface area contributed by atoms with Crippen molar-refractivity contribution in [2.24, 2.45) is 5.73 Å². The van der Waals surface area contributed by atoms with Crippen LogP contribution in [0.25, 0.3) is 17.5 Å². The number of esters is 2. The van der Waals surface area contributed by atoms with Crippen LogP contribution in [-0.2, 0) is 19.1 Å². The molecule has 10 heteroatoms. The van der Waals surface area contributed by atoms with E-state index in [0.717, 1.165) is 15.9 Å². The summed E-state index contributed by atoms with van der Waals surface area (Å²) in [5.74, 6) is -1.60. The maximum Gasteiger partial charge on any atom is 0.338 e. The van der Waals surface area contributed by atoms with Crippen LogP contribution < -0.4 is 30.0 Å². The van der Waals surface area contributed by atoms with Crippen molar-refractivity contribution in [3.63, 3.8) is 0 Å². The van der Waals surface area contributed by atoms with E-state index in [4.69, 9.17) is 24.7 Å². The highest BCUT2D eigenvalue weighted by molar-refractivity contribution is 7.07. The van der Waals surface area contributed by atoms with Crippen LogP contribution in [0.5, 0.6) is 11.5 Å². The molecule has 1 aliphatic heterocycles. The van der Waals surface area contributed by atoms with Gasteiger partial charge in [-0.2, -0.15) is 0 Å². The van der Waals surface area contributed by atoms with Gasteiger partial charge in [-0.3, -0.25) is 9.36 Å². The summed E-state index contributed by atoms with van der Waals surface area (Å²) in [6.07, 6.45) is 1.65. The van der Waals surface area contributed by atoms with Crippen molar-refractivity contribution < 1.29 is 28.5 Å². The van der Waals surface area contributed by atoms with Gasteiger partial charge >= 0.3 is 11.9 Å². The third-order valence-electron chi connectivity index (χ3n) is 5.92. The number of para-hydroxylation sites is 2. The quantitative estimate of drug-likeness (QED) is 0.465. The maximum absolute atomic E-state index is 13.6. The average molecular weight is 523 g/mol. The van der Waals surface area contributed by atoms with Gasteiger partial charge in [0, 0.05) is 11.1 Å². The minimum Gasteiger partial charge on any atom is -0.496 e. The van der Waals surface area contributed by atoms with Crippen LogP contribution in [0.1, 0.15) is 24.0 Å². The monoisotopic (exact) mass is 522 g/mol. The van der Waals surface area contributed by atoms with E-state index < -0.39 is 23.4 Å². The molecule has 4 rings (SSSR count). The highest BCUT2D eigenvalue weighted by Crippen LogP contribution is 2.41. The molecule has 1 atom stereocenters. The molecule has 0 saturated carbocycles. The van der Waals surface area contributed by atoms with E-state index in [2.05, 4.69) is 0 Å². The van der Waals surface area contributed by atoms with E-state index in [-0.39, 0.29) is 32.8 Å². The number of carbonyl (C=O) groups excluding carboxylic acids is 2. The number of hydrogen-bond acceptors (Lipinski definition) is 9. The number of ether oxygens (including phenoxy) is 4. The molecule has 2 heterocycles. The van der Waals surface area contributed by atoms with Crippen LogP contribution in [0.3, 0.4) is 0 Å². The van der Waals surface area contributed by atoms with E-state index in [1.54, 1.807) is 49.4 Å². The Morgan fingerprint density at radius 1 is 0.973 bits per heavy atom. The van der Waals surface area contributed by atoms with Crippen molar-refractivity contribution >= 4 is 40.7 Å². The SMILES string of the molecule is CCOC(=O)C1=C(N)n2c(sc(=Cc3ccccc3OC)c2=O)=C(C(=O)OC)C1c1ccccc1OC. The number of methoxy groups -OCH3 is 3. The van der Waals surface area contributed by atoms with E-state index in [1.807, 2.05) is 12.1 Å². The minimum atomic E-state index is -1.00. The molecule has 0 aliphatic carbocycles. The molecule has 1 unspecified atom stereocenters. The largest absolute Gasteiger partial charge is 0.496 e. The topological polar surface area (TPSA) is 119 Å². The molecule has 1 aromatic heterocycles. The lowest BCUT2D eigenvalue weighted by Crippen LogP contribution is -2.41. The van der Waals surface area contributed by atoms with Gasteiger partial charge in [0.1, 0.15) is 22.0 Å². The Morgan fingerprint density at radius 3 is 2.27 bits per heavy atom. The molecule has 0 spiro atoms. The molecule has 0 bridgehead atoms. The lowest BCUT2D eigenvalue weighted by molar-refractivity contribution is -0.138. The zero-order valence-corrected chi connectivity index (χ0v) is 21.6. The summed E-state index contributed by atoms with van der Waals surface area (Å²) in [5.41, 5.74) is 7.20. The predicted molar refractivity (Wildman–Crippen MR) is 140 cm³/mol. The van der Waals surface area contributed by atoms with Gasteiger partial charge in [0.15, 0.2) is 0 Å². The van der Waals surface area contributed by atoms with Crippen LogP contribution >= 0.6 is 11.3 Å². The van der Waals surface area contributed by atoms with Gasteiger partial charge in [0.25, 0.3) is 5.56 Å². The number of nitrogens with zero attached hydrogens (tertiary/aromatic N) is 1. The zero-order valence-electron chi connectivity index (χ0n) is 20.8. The Bertz CT molecular complexity index is 1580. The molecule has 0 amide bonds. The Kier molecular flexibility index (Phi) is 7.49. The van der Waals surface area contributed by atoms with E-state index in [0.29, 0.717) is 22.6 Å². The van der Waals surface area contributed by atoms with Crippen molar-refractivity contribution in [2.45, 2.75) is 12.8 Å². The summed E-state index contributed by atoms with van der Waals surface area (Å²) in [4.78, 5) is 40.1. The van der Waals surface area contributed by atoms with Gasteiger partial charge in [-0.05, 0) is 25.1 Å². The van der Waals surface area contributed by atoms with Crippen molar-refractivity contribution in [3.8, 4) is 11.5 Å². The second-order valence-corrected chi connectivity index (χ2v) is 8.93. The molecule has 0 radical (unpaired) electrons. The number of rotatable bonds is 7. The Hall–Kier alpha value is -4.31. The Morgan fingerprint density at radius 2 is 1.62 bits per heavy atom. The van der Waals surface area contributed by atoms with Crippen molar-refractivity contribution in [1.29, 1.82) is 0 Å². The molecule has 192 valence electrons. The summed E-state index contributed by atoms with van der Waals surface area (Å²) in [6.45, 7) is 1.73. The third-order valence-corrected chi connectivity index (χ3v) is 7.03. The number of aromatic nitrogens is 1. The van der Waals surface area contributed by atoms with Crippen LogP contribution in [-0.4, -0.2) is 44.4 Å². The normalized spacial score (nSPS) is 15.3. The zero-order chi connectivity index (χ0) is 26.7. The average Bonchev–Trinajstić information content (AvgIpc) is 3.24. The maximum atomic E-state index is 13.6. The van der Waals surface area contributed by atoms with Gasteiger partial charge in [0.2, 0.25) is 0 Å². The fraction of sp³-hybridized carbons (Fsp3) is 0.222. The number of carbonyl (C=O) groups is 2. The van der Waals surface area contributed by atoms with Gasteiger partial charge < -0.3 is 24.7 Å². The first-order chi connectivity index (χ1) is 17.9. The summed E-state index contributed by atoms with van der Waals surface area (Å²) in [5, 5.41) is 0. The van der Waals surface area contributed by atoms with Crippen LogP contribution in [0.15, 0.2) is 58.9 Å².